The van der Waals surface area contributed by atoms with Crippen molar-refractivity contribution in [1.82, 2.24) is 19.9 Å². The van der Waals surface area contributed by atoms with Crippen LogP contribution in [0.2, 0.25) is 0 Å². The van der Waals surface area contributed by atoms with E-state index in [1.807, 2.05) is 0 Å². The van der Waals surface area contributed by atoms with Crippen LogP contribution in [0.1, 0.15) is 71.1 Å². The average Bonchev–Trinajstić information content (AvgIpc) is 3.18. The summed E-state index contributed by atoms with van der Waals surface area (Å²) in [6.45, 7) is 11.9. The van der Waals surface area contributed by atoms with Gasteiger partial charge >= 0.3 is 12.2 Å². The molecule has 0 unspecified atom stereocenters. The number of imide groups is 1. The minimum Gasteiger partial charge on any atom is -0.443 e. The van der Waals surface area contributed by atoms with E-state index in [0.29, 0.717) is 29.9 Å². The van der Waals surface area contributed by atoms with E-state index < -0.39 is 35.0 Å². The number of pyridine rings is 1. The lowest BCUT2D eigenvalue weighted by atomic mass is 10.1. The number of nitrogens with two attached hydrogens (primary N) is 1. The zero-order valence-corrected chi connectivity index (χ0v) is 22.2. The molecule has 0 aliphatic carbocycles. The summed E-state index contributed by atoms with van der Waals surface area (Å²) in [6.07, 6.45) is 0.395. The number of aryl methyl sites for hydroxylation is 2. The van der Waals surface area contributed by atoms with Crippen LogP contribution >= 0.6 is 0 Å². The Morgan fingerprint density at radius 3 is 2.24 bits per heavy atom. The van der Waals surface area contributed by atoms with E-state index in [1.54, 1.807) is 54.5 Å². The fourth-order valence-electron chi connectivity index (χ4n) is 3.73. The summed E-state index contributed by atoms with van der Waals surface area (Å²) in [4.78, 5) is 60.3. The first-order chi connectivity index (χ1) is 17.1. The minimum atomic E-state index is -0.923. The minimum absolute atomic E-state index is 0.0152. The molecule has 1 aliphatic heterocycles. The molecule has 37 heavy (non-hydrogen) atoms. The fraction of sp³-hybridized carbons (Fsp3) is 0.520. The molecule has 0 aromatic carbocycles. The second-order valence-corrected chi connectivity index (χ2v) is 10.8. The molecule has 12 nitrogen and oxygen atoms in total. The molecule has 3 N–H and O–H groups in total. The molecule has 2 aromatic rings. The molecule has 2 aromatic heterocycles. The van der Waals surface area contributed by atoms with Crippen molar-refractivity contribution in [2.75, 3.05) is 10.6 Å². The number of ether oxygens (including phenoxy) is 2. The first kappa shape index (κ1) is 27.6. The van der Waals surface area contributed by atoms with Gasteiger partial charge in [-0.15, -0.1) is 0 Å². The number of hydrogen-bond donors (Lipinski definition) is 2. The SMILES string of the molecule is Cc1nc(N(C(=O)OC(C)(C)C)C(=O)OC(C)(C)C)ccc1CNC(=O)[C@@H]1CCc2ncc(N)c(=O)n21. The van der Waals surface area contributed by atoms with Crippen LogP contribution < -0.4 is 21.5 Å². The van der Waals surface area contributed by atoms with Gasteiger partial charge in [0.2, 0.25) is 5.91 Å². The topological polar surface area (TPSA) is 159 Å². The van der Waals surface area contributed by atoms with Crippen molar-refractivity contribution in [3.63, 3.8) is 0 Å². The molecule has 0 radical (unpaired) electrons. The molecule has 0 spiro atoms. The lowest BCUT2D eigenvalue weighted by Gasteiger charge is -2.28. The van der Waals surface area contributed by atoms with Gasteiger partial charge in [0.25, 0.3) is 5.56 Å². The molecule has 0 saturated carbocycles. The number of rotatable bonds is 4. The third kappa shape index (κ3) is 6.63. The number of fused-ring (bicyclic) bond motifs is 1. The highest BCUT2D eigenvalue weighted by Crippen LogP contribution is 2.24. The monoisotopic (exact) mass is 514 g/mol. The standard InChI is InChI=1S/C25H34N6O6/c1-14-15(12-28-20(32)17-9-11-18-27-13-16(26)21(33)30(17)18)8-10-19(29-14)31(22(34)36-24(2,3)4)23(35)37-25(5,6)7/h8,10,13,17H,9,11-12,26H2,1-7H3,(H,28,32)/t17-/m0/s1. The Hall–Kier alpha value is -3.96. The Morgan fingerprint density at radius 2 is 1.70 bits per heavy atom. The number of nitrogen functional groups attached to an aromatic ring is 1. The fourth-order valence-corrected chi connectivity index (χ4v) is 3.73. The van der Waals surface area contributed by atoms with Crippen LogP contribution in [0.4, 0.5) is 21.1 Å². The van der Waals surface area contributed by atoms with Gasteiger partial charge in [0, 0.05) is 18.7 Å². The highest BCUT2D eigenvalue weighted by atomic mass is 16.6. The zero-order chi connectivity index (χ0) is 27.7. The highest BCUT2D eigenvalue weighted by Gasteiger charge is 2.34. The van der Waals surface area contributed by atoms with Crippen molar-refractivity contribution in [3.8, 4) is 0 Å². The number of nitrogens with zero attached hydrogens (tertiary/aromatic N) is 4. The van der Waals surface area contributed by atoms with Crippen LogP contribution in [0.25, 0.3) is 0 Å². The van der Waals surface area contributed by atoms with Gasteiger partial charge in [0.15, 0.2) is 0 Å². The van der Waals surface area contributed by atoms with Gasteiger partial charge in [-0.05, 0) is 66.5 Å². The summed E-state index contributed by atoms with van der Waals surface area (Å²) in [6, 6.07) is 2.41. The van der Waals surface area contributed by atoms with E-state index in [0.717, 1.165) is 4.90 Å². The summed E-state index contributed by atoms with van der Waals surface area (Å²) in [5.41, 5.74) is 4.66. The summed E-state index contributed by atoms with van der Waals surface area (Å²) in [5, 5.41) is 2.82. The van der Waals surface area contributed by atoms with Gasteiger partial charge in [-0.2, -0.15) is 4.90 Å². The number of aromatic nitrogens is 3. The van der Waals surface area contributed by atoms with Gasteiger partial charge in [-0.1, -0.05) is 6.07 Å². The normalized spacial score (nSPS) is 15.1. The summed E-state index contributed by atoms with van der Waals surface area (Å²) in [7, 11) is 0. The zero-order valence-electron chi connectivity index (χ0n) is 22.2. The third-order valence-electron chi connectivity index (χ3n) is 5.37. The van der Waals surface area contributed by atoms with E-state index in [1.165, 1.54) is 16.8 Å². The van der Waals surface area contributed by atoms with Crippen molar-refractivity contribution in [3.05, 3.63) is 45.8 Å². The van der Waals surface area contributed by atoms with E-state index in [-0.39, 0.29) is 24.0 Å². The number of carbonyl (C=O) groups excluding carboxylic acids is 3. The number of nitrogens with one attached hydrogen (secondary N) is 1. The van der Waals surface area contributed by atoms with Crippen LogP contribution in [0.3, 0.4) is 0 Å². The first-order valence-corrected chi connectivity index (χ1v) is 11.9. The van der Waals surface area contributed by atoms with Gasteiger partial charge in [-0.25, -0.2) is 19.6 Å². The molecule has 0 bridgehead atoms. The lowest BCUT2D eigenvalue weighted by Crippen LogP contribution is -2.44. The van der Waals surface area contributed by atoms with Gasteiger partial charge < -0.3 is 20.5 Å². The van der Waals surface area contributed by atoms with Crippen molar-refractivity contribution in [1.29, 1.82) is 0 Å². The Morgan fingerprint density at radius 1 is 1.11 bits per heavy atom. The molecule has 200 valence electrons. The lowest BCUT2D eigenvalue weighted by molar-refractivity contribution is -0.124. The molecule has 3 rings (SSSR count). The maximum Gasteiger partial charge on any atom is 0.425 e. The summed E-state index contributed by atoms with van der Waals surface area (Å²) >= 11 is 0. The number of amides is 3. The van der Waals surface area contributed by atoms with Crippen LogP contribution in [-0.4, -0.2) is 43.8 Å². The average molecular weight is 515 g/mol. The number of anilines is 2. The van der Waals surface area contributed by atoms with Crippen LogP contribution in [-0.2, 0) is 27.2 Å². The molecule has 12 heteroatoms. The van der Waals surface area contributed by atoms with E-state index in [2.05, 4.69) is 15.3 Å². The quantitative estimate of drug-likeness (QED) is 0.625. The number of hydrogen-bond acceptors (Lipinski definition) is 9. The summed E-state index contributed by atoms with van der Waals surface area (Å²) in [5.74, 6) is 0.195. The van der Waals surface area contributed by atoms with Gasteiger partial charge in [0.1, 0.15) is 34.6 Å². The second kappa shape index (κ2) is 10.2. The molecule has 1 aliphatic rings. The predicted molar refractivity (Wildman–Crippen MR) is 136 cm³/mol. The van der Waals surface area contributed by atoms with Crippen LogP contribution in [0.5, 0.6) is 0 Å². The predicted octanol–water partition coefficient (Wildman–Crippen LogP) is 3.01. The Kier molecular flexibility index (Phi) is 7.61. The van der Waals surface area contributed by atoms with Crippen molar-refractivity contribution in [2.45, 2.75) is 85.1 Å². The van der Waals surface area contributed by atoms with E-state index in [4.69, 9.17) is 15.2 Å². The maximum atomic E-state index is 12.9. The Labute approximate surface area is 215 Å². The van der Waals surface area contributed by atoms with Crippen LogP contribution in [0, 0.1) is 6.92 Å². The molecule has 3 heterocycles. The largest absolute Gasteiger partial charge is 0.443 e. The molecule has 1 atom stereocenters. The van der Waals surface area contributed by atoms with E-state index >= 15 is 0 Å². The van der Waals surface area contributed by atoms with E-state index in [9.17, 15) is 19.2 Å². The Balaban J connectivity index is 1.79. The van der Waals surface area contributed by atoms with Crippen molar-refractivity contribution in [2.24, 2.45) is 0 Å². The van der Waals surface area contributed by atoms with Crippen LogP contribution in [0.15, 0.2) is 23.1 Å². The molecule has 0 saturated heterocycles. The van der Waals surface area contributed by atoms with Crippen molar-refractivity contribution < 1.29 is 23.9 Å². The third-order valence-corrected chi connectivity index (χ3v) is 5.37. The van der Waals surface area contributed by atoms with Gasteiger partial charge in [0.05, 0.1) is 6.20 Å². The molecule has 3 amide bonds. The van der Waals surface area contributed by atoms with Crippen molar-refractivity contribution >= 4 is 29.6 Å². The molecule has 0 fully saturated rings. The maximum absolute atomic E-state index is 12.9. The smallest absolute Gasteiger partial charge is 0.425 e. The number of carbonyl (C=O) groups is 3. The second-order valence-electron chi connectivity index (χ2n) is 10.8. The molecular weight excluding hydrogens is 480 g/mol. The highest BCUT2D eigenvalue weighted by molar-refractivity contribution is 6.08. The Bertz CT molecular complexity index is 1250. The first-order valence-electron chi connectivity index (χ1n) is 11.9. The summed E-state index contributed by atoms with van der Waals surface area (Å²) < 4.78 is 12.1. The molecular formula is C25H34N6O6. The van der Waals surface area contributed by atoms with Gasteiger partial charge in [-0.3, -0.25) is 14.2 Å².